The van der Waals surface area contributed by atoms with E-state index in [4.69, 9.17) is 27.9 Å². The Morgan fingerprint density at radius 2 is 1.73 bits per heavy atom. The highest BCUT2D eigenvalue weighted by Crippen LogP contribution is 2.36. The highest BCUT2D eigenvalue weighted by molar-refractivity contribution is 8.18. The number of benzene rings is 3. The average Bonchev–Trinajstić information content (AvgIpc) is 3.13. The van der Waals surface area contributed by atoms with Crippen molar-refractivity contribution in [1.29, 1.82) is 0 Å². The SMILES string of the molecule is O=C1NC(=NC(=O)c2ccccc2)S/C1=C\c1cc(Cl)c(OCc2ccccc2F)c(Cl)c1. The average molecular weight is 501 g/mol. The summed E-state index contributed by atoms with van der Waals surface area (Å²) in [6, 6.07) is 17.9. The Kier molecular flexibility index (Phi) is 7.13. The van der Waals surface area contributed by atoms with Gasteiger partial charge in [0.05, 0.1) is 15.0 Å². The molecule has 2 amide bonds. The van der Waals surface area contributed by atoms with Crippen molar-refractivity contribution in [2.45, 2.75) is 6.61 Å². The Balaban J connectivity index is 1.49. The Morgan fingerprint density at radius 1 is 1.06 bits per heavy atom. The van der Waals surface area contributed by atoms with Crippen LogP contribution in [0.25, 0.3) is 6.08 Å². The molecule has 5 nitrogen and oxygen atoms in total. The summed E-state index contributed by atoms with van der Waals surface area (Å²) < 4.78 is 19.4. The lowest BCUT2D eigenvalue weighted by Crippen LogP contribution is -2.20. The predicted octanol–water partition coefficient (Wildman–Crippen LogP) is 6.11. The zero-order valence-corrected chi connectivity index (χ0v) is 19.2. The fraction of sp³-hybridized carbons (Fsp3) is 0.0417. The highest BCUT2D eigenvalue weighted by atomic mass is 35.5. The second-order valence-electron chi connectivity index (χ2n) is 6.85. The summed E-state index contributed by atoms with van der Waals surface area (Å²) in [5.41, 5.74) is 1.34. The summed E-state index contributed by atoms with van der Waals surface area (Å²) in [4.78, 5) is 28.8. The van der Waals surface area contributed by atoms with Crippen LogP contribution in [0.1, 0.15) is 21.5 Å². The Labute approximate surface area is 203 Å². The first-order valence-electron chi connectivity index (χ1n) is 9.65. The van der Waals surface area contributed by atoms with E-state index in [-0.39, 0.29) is 27.6 Å². The lowest BCUT2D eigenvalue weighted by molar-refractivity contribution is -0.115. The largest absolute Gasteiger partial charge is 0.486 e. The molecule has 1 aliphatic heterocycles. The van der Waals surface area contributed by atoms with E-state index >= 15 is 0 Å². The number of rotatable bonds is 5. The summed E-state index contributed by atoms with van der Waals surface area (Å²) in [7, 11) is 0. The molecule has 33 heavy (non-hydrogen) atoms. The van der Waals surface area contributed by atoms with E-state index in [1.54, 1.807) is 66.7 Å². The highest BCUT2D eigenvalue weighted by Gasteiger charge is 2.25. The molecule has 0 unspecified atom stereocenters. The summed E-state index contributed by atoms with van der Waals surface area (Å²) >= 11 is 13.7. The van der Waals surface area contributed by atoms with Crippen LogP contribution in [0, 0.1) is 5.82 Å². The van der Waals surface area contributed by atoms with Crippen molar-refractivity contribution in [1.82, 2.24) is 5.32 Å². The van der Waals surface area contributed by atoms with Crippen molar-refractivity contribution in [3.05, 3.63) is 104 Å². The molecule has 1 fully saturated rings. The first-order valence-corrected chi connectivity index (χ1v) is 11.2. The van der Waals surface area contributed by atoms with Gasteiger partial charge in [-0.3, -0.25) is 9.59 Å². The number of aliphatic imine (C=N–C) groups is 1. The smallest absolute Gasteiger partial charge is 0.279 e. The van der Waals surface area contributed by atoms with E-state index in [0.29, 0.717) is 21.6 Å². The van der Waals surface area contributed by atoms with Crippen LogP contribution in [0.5, 0.6) is 5.75 Å². The second-order valence-corrected chi connectivity index (χ2v) is 8.69. The van der Waals surface area contributed by atoms with Crippen LogP contribution < -0.4 is 10.1 Å². The van der Waals surface area contributed by atoms with Crippen LogP contribution in [-0.4, -0.2) is 17.0 Å². The van der Waals surface area contributed by atoms with Crippen LogP contribution >= 0.6 is 35.0 Å². The van der Waals surface area contributed by atoms with Gasteiger partial charge in [-0.25, -0.2) is 4.39 Å². The minimum atomic E-state index is -0.456. The standard InChI is InChI=1S/C24H15Cl2FN2O3S/c25-17-10-14(11-18(26)21(17)32-13-16-8-4-5-9-19(16)27)12-20-23(31)29-24(33-20)28-22(30)15-6-2-1-3-7-15/h1-12H,13H2,(H,28,29,30,31)/b20-12-. The molecule has 0 atom stereocenters. The summed E-state index contributed by atoms with van der Waals surface area (Å²) in [6.07, 6.45) is 1.58. The molecule has 0 saturated carbocycles. The van der Waals surface area contributed by atoms with Gasteiger partial charge in [-0.2, -0.15) is 4.99 Å². The van der Waals surface area contributed by atoms with E-state index in [9.17, 15) is 14.0 Å². The minimum absolute atomic E-state index is 0.0416. The van der Waals surface area contributed by atoms with Gasteiger partial charge in [0.25, 0.3) is 11.8 Å². The molecule has 166 valence electrons. The number of amides is 2. The molecule has 0 aromatic heterocycles. The van der Waals surface area contributed by atoms with E-state index < -0.39 is 17.6 Å². The van der Waals surface area contributed by atoms with E-state index in [1.165, 1.54) is 6.07 Å². The third-order valence-corrected chi connectivity index (χ3v) is 5.99. The number of carbonyl (C=O) groups excluding carboxylic acids is 2. The zero-order valence-electron chi connectivity index (χ0n) is 16.8. The van der Waals surface area contributed by atoms with Gasteiger partial charge in [0.2, 0.25) is 0 Å². The van der Waals surface area contributed by atoms with Crippen LogP contribution in [0.4, 0.5) is 4.39 Å². The fourth-order valence-corrected chi connectivity index (χ4v) is 4.37. The number of hydrogen-bond acceptors (Lipinski definition) is 4. The third kappa shape index (κ3) is 5.63. The topological polar surface area (TPSA) is 67.8 Å². The van der Waals surface area contributed by atoms with Crippen molar-refractivity contribution in [3.8, 4) is 5.75 Å². The van der Waals surface area contributed by atoms with Gasteiger partial charge >= 0.3 is 0 Å². The molecule has 0 aliphatic carbocycles. The lowest BCUT2D eigenvalue weighted by Gasteiger charge is -2.11. The quantitative estimate of drug-likeness (QED) is 0.429. The lowest BCUT2D eigenvalue weighted by atomic mass is 10.2. The van der Waals surface area contributed by atoms with Gasteiger partial charge < -0.3 is 10.1 Å². The number of amidine groups is 1. The molecule has 0 spiro atoms. The molecule has 1 heterocycles. The van der Waals surface area contributed by atoms with Gasteiger partial charge in [0.1, 0.15) is 12.4 Å². The fourth-order valence-electron chi connectivity index (χ4n) is 2.94. The number of hydrogen-bond donors (Lipinski definition) is 1. The van der Waals surface area contributed by atoms with E-state index in [2.05, 4.69) is 10.3 Å². The van der Waals surface area contributed by atoms with Crippen molar-refractivity contribution >= 4 is 58.0 Å². The Bertz CT molecular complexity index is 1270. The van der Waals surface area contributed by atoms with Gasteiger partial charge in [-0.1, -0.05) is 59.6 Å². The van der Waals surface area contributed by atoms with Gasteiger partial charge in [-0.05, 0) is 53.7 Å². The number of halogens is 3. The maximum atomic E-state index is 13.8. The molecule has 1 aliphatic rings. The van der Waals surface area contributed by atoms with Crippen molar-refractivity contribution < 1.29 is 18.7 Å². The van der Waals surface area contributed by atoms with E-state index in [0.717, 1.165) is 11.8 Å². The molecule has 1 N–H and O–H groups in total. The number of nitrogens with zero attached hydrogens (tertiary/aromatic N) is 1. The van der Waals surface area contributed by atoms with Crippen molar-refractivity contribution in [2.24, 2.45) is 4.99 Å². The summed E-state index contributed by atoms with van der Waals surface area (Å²) in [5, 5.41) is 3.17. The third-order valence-electron chi connectivity index (χ3n) is 4.52. The number of thioether (sulfide) groups is 1. The second kappa shape index (κ2) is 10.2. The number of ether oxygens (including phenoxy) is 1. The van der Waals surface area contributed by atoms with Gasteiger partial charge in [0, 0.05) is 11.1 Å². The van der Waals surface area contributed by atoms with Crippen LogP contribution in [-0.2, 0) is 11.4 Å². The molecule has 3 aromatic carbocycles. The van der Waals surface area contributed by atoms with Crippen molar-refractivity contribution in [2.75, 3.05) is 0 Å². The number of nitrogens with one attached hydrogen (secondary N) is 1. The molecule has 0 bridgehead atoms. The van der Waals surface area contributed by atoms with E-state index in [1.807, 2.05) is 0 Å². The van der Waals surface area contributed by atoms with Crippen LogP contribution in [0.15, 0.2) is 76.6 Å². The molecule has 0 radical (unpaired) electrons. The summed E-state index contributed by atoms with van der Waals surface area (Å²) in [5.74, 6) is -1.03. The van der Waals surface area contributed by atoms with Crippen LogP contribution in [0.2, 0.25) is 10.0 Å². The number of carbonyl (C=O) groups is 2. The Hall–Kier alpha value is -3.13. The van der Waals surface area contributed by atoms with Crippen molar-refractivity contribution in [3.63, 3.8) is 0 Å². The van der Waals surface area contributed by atoms with Crippen LogP contribution in [0.3, 0.4) is 0 Å². The monoisotopic (exact) mass is 500 g/mol. The molecular formula is C24H15Cl2FN2O3S. The normalized spacial score (nSPS) is 15.7. The molecular weight excluding hydrogens is 486 g/mol. The van der Waals surface area contributed by atoms with Gasteiger partial charge in [-0.15, -0.1) is 0 Å². The first kappa shape index (κ1) is 23.0. The Morgan fingerprint density at radius 3 is 2.42 bits per heavy atom. The maximum Gasteiger partial charge on any atom is 0.279 e. The minimum Gasteiger partial charge on any atom is -0.486 e. The predicted molar refractivity (Wildman–Crippen MR) is 129 cm³/mol. The molecule has 4 rings (SSSR count). The maximum absolute atomic E-state index is 13.8. The molecule has 1 saturated heterocycles. The van der Waals surface area contributed by atoms with Gasteiger partial charge in [0.15, 0.2) is 10.9 Å². The molecule has 3 aromatic rings. The molecule has 9 heteroatoms. The zero-order chi connectivity index (χ0) is 23.4. The summed E-state index contributed by atoms with van der Waals surface area (Å²) in [6.45, 7) is -0.0416. The first-order chi connectivity index (χ1) is 15.9.